The first-order valence-corrected chi connectivity index (χ1v) is 17.0. The third-order valence-corrected chi connectivity index (χ3v) is 9.96. The van der Waals surface area contributed by atoms with Gasteiger partial charge in [-0.3, -0.25) is 9.59 Å². The van der Waals surface area contributed by atoms with Gasteiger partial charge in [0, 0.05) is 40.6 Å². The van der Waals surface area contributed by atoms with Crippen LogP contribution in [0, 0.1) is 6.92 Å². The van der Waals surface area contributed by atoms with E-state index in [1.54, 1.807) is 51.6 Å². The van der Waals surface area contributed by atoms with Crippen molar-refractivity contribution in [3.63, 3.8) is 0 Å². The zero-order valence-electron chi connectivity index (χ0n) is 26.9. The van der Waals surface area contributed by atoms with Gasteiger partial charge >= 0.3 is 0 Å². The minimum Gasteiger partial charge on any atom is -0.508 e. The molecular weight excluding hydrogens is 645 g/mol. The number of aryl methyl sites for hydroxylation is 3. The number of fused-ring (bicyclic) bond motifs is 2. The number of hydrogen-bond donors (Lipinski definition) is 2. The number of aromatic hydroxyl groups is 2. The van der Waals surface area contributed by atoms with E-state index in [1.807, 2.05) is 91.9 Å². The first-order valence-electron chi connectivity index (χ1n) is 16.1. The molecule has 0 amide bonds. The van der Waals surface area contributed by atoms with Gasteiger partial charge in [-0.05, 0) is 83.4 Å². The Morgan fingerprint density at radius 3 is 2.08 bits per heavy atom. The van der Waals surface area contributed by atoms with Gasteiger partial charge < -0.3 is 14.8 Å². The van der Waals surface area contributed by atoms with Crippen LogP contribution in [0.2, 0.25) is 0 Å². The van der Waals surface area contributed by atoms with Crippen LogP contribution in [0.4, 0.5) is 0 Å². The lowest BCUT2D eigenvalue weighted by Crippen LogP contribution is -2.22. The standard InChI is InChI=1S/C41H30N4O4S/c1-25-22-36(48)44(35-24-31(47)17-19-32(25)35)21-20-26-12-18-33-34(23-26)40(49)45(41-43-42-39(50-41)29-13-15-30(46)16-14-29)38(28-10-6-3-7-11-28)37(33)27-8-4-2-5-9-27/h2-19,22-24,46-47H,20-21H2,1H3. The Labute approximate surface area is 290 Å². The number of pyridine rings is 2. The van der Waals surface area contributed by atoms with Gasteiger partial charge in [-0.2, -0.15) is 0 Å². The zero-order chi connectivity index (χ0) is 34.4. The van der Waals surface area contributed by atoms with Crippen molar-refractivity contribution in [1.82, 2.24) is 19.3 Å². The molecule has 5 aromatic carbocycles. The van der Waals surface area contributed by atoms with Crippen molar-refractivity contribution < 1.29 is 10.2 Å². The SMILES string of the molecule is Cc1cc(=O)n(CCc2ccc3c(-c4ccccc4)c(-c4ccccc4)n(-c4nnc(-c5ccc(O)cc5)s4)c(=O)c3c2)c2cc(O)ccc12. The predicted octanol–water partition coefficient (Wildman–Crippen LogP) is 8.12. The number of hydrogen-bond acceptors (Lipinski definition) is 7. The molecule has 2 N–H and O–H groups in total. The molecule has 244 valence electrons. The molecule has 0 spiro atoms. The maximum Gasteiger partial charge on any atom is 0.265 e. The molecule has 50 heavy (non-hydrogen) atoms. The van der Waals surface area contributed by atoms with Gasteiger partial charge in [0.05, 0.1) is 11.2 Å². The molecule has 0 bridgehead atoms. The van der Waals surface area contributed by atoms with Gasteiger partial charge in [0.2, 0.25) is 5.13 Å². The number of phenols is 2. The van der Waals surface area contributed by atoms with Gasteiger partial charge in [0.25, 0.3) is 11.1 Å². The summed E-state index contributed by atoms with van der Waals surface area (Å²) in [6.45, 7) is 2.25. The van der Waals surface area contributed by atoms with E-state index in [-0.39, 0.29) is 22.6 Å². The van der Waals surface area contributed by atoms with E-state index in [1.165, 1.54) is 11.3 Å². The van der Waals surface area contributed by atoms with Crippen LogP contribution in [0.15, 0.2) is 137 Å². The Kier molecular flexibility index (Phi) is 7.81. The lowest BCUT2D eigenvalue weighted by atomic mass is 9.92. The summed E-state index contributed by atoms with van der Waals surface area (Å²) >= 11 is 1.30. The molecule has 8 aromatic rings. The van der Waals surface area contributed by atoms with E-state index >= 15 is 0 Å². The summed E-state index contributed by atoms with van der Waals surface area (Å²) in [6.07, 6.45) is 0.480. The van der Waals surface area contributed by atoms with Crippen molar-refractivity contribution in [3.05, 3.63) is 159 Å². The number of benzene rings is 5. The Morgan fingerprint density at radius 2 is 1.34 bits per heavy atom. The van der Waals surface area contributed by atoms with Crippen molar-refractivity contribution in [2.24, 2.45) is 0 Å². The summed E-state index contributed by atoms with van der Waals surface area (Å²) in [5.74, 6) is 0.243. The average molecular weight is 675 g/mol. The normalized spacial score (nSPS) is 11.4. The van der Waals surface area contributed by atoms with Crippen LogP contribution in [0.3, 0.4) is 0 Å². The topological polar surface area (TPSA) is 110 Å². The van der Waals surface area contributed by atoms with Gasteiger partial charge in [-0.25, -0.2) is 4.57 Å². The van der Waals surface area contributed by atoms with Crippen molar-refractivity contribution >= 4 is 33.0 Å². The van der Waals surface area contributed by atoms with Crippen molar-refractivity contribution in [2.45, 2.75) is 19.9 Å². The van der Waals surface area contributed by atoms with Crippen LogP contribution >= 0.6 is 11.3 Å². The smallest absolute Gasteiger partial charge is 0.265 e. The van der Waals surface area contributed by atoms with Crippen LogP contribution in [-0.4, -0.2) is 29.5 Å². The fourth-order valence-corrected chi connectivity index (χ4v) is 7.44. The molecule has 8 rings (SSSR count). The van der Waals surface area contributed by atoms with Crippen molar-refractivity contribution in [1.29, 1.82) is 0 Å². The minimum absolute atomic E-state index is 0.0930. The summed E-state index contributed by atoms with van der Waals surface area (Å²) in [6, 6.07) is 39.2. The Morgan fingerprint density at radius 1 is 0.660 bits per heavy atom. The molecule has 8 nitrogen and oxygen atoms in total. The third kappa shape index (κ3) is 5.53. The molecule has 0 saturated carbocycles. The van der Waals surface area contributed by atoms with E-state index in [0.717, 1.165) is 44.2 Å². The second-order valence-electron chi connectivity index (χ2n) is 12.2. The highest BCUT2D eigenvalue weighted by molar-refractivity contribution is 7.17. The van der Waals surface area contributed by atoms with Crippen molar-refractivity contribution in [3.8, 4) is 49.6 Å². The number of nitrogens with zero attached hydrogens (tertiary/aromatic N) is 4. The first kappa shape index (κ1) is 31.0. The van der Waals surface area contributed by atoms with Gasteiger partial charge in [-0.15, -0.1) is 10.2 Å². The maximum absolute atomic E-state index is 14.8. The molecule has 3 heterocycles. The molecule has 0 atom stereocenters. The molecule has 0 radical (unpaired) electrons. The summed E-state index contributed by atoms with van der Waals surface area (Å²) in [7, 11) is 0. The highest BCUT2D eigenvalue weighted by Crippen LogP contribution is 2.39. The summed E-state index contributed by atoms with van der Waals surface area (Å²) in [5.41, 5.74) is 6.17. The molecule has 9 heteroatoms. The monoisotopic (exact) mass is 674 g/mol. The van der Waals surface area contributed by atoms with Crippen LogP contribution in [0.5, 0.6) is 11.5 Å². The largest absolute Gasteiger partial charge is 0.508 e. The molecule has 3 aromatic heterocycles. The van der Waals surface area contributed by atoms with Crippen LogP contribution < -0.4 is 11.1 Å². The van der Waals surface area contributed by atoms with Crippen molar-refractivity contribution in [2.75, 3.05) is 0 Å². The molecule has 0 unspecified atom stereocenters. The number of aromatic nitrogens is 4. The van der Waals surface area contributed by atoms with Crippen LogP contribution in [0.1, 0.15) is 11.1 Å². The fourth-order valence-electron chi connectivity index (χ4n) is 6.59. The molecule has 0 aliphatic carbocycles. The summed E-state index contributed by atoms with van der Waals surface area (Å²) < 4.78 is 3.33. The molecule has 0 saturated heterocycles. The second kappa shape index (κ2) is 12.6. The number of phenolic OH excluding ortho intramolecular Hbond substituents is 2. The van der Waals surface area contributed by atoms with E-state index in [2.05, 4.69) is 10.2 Å². The fraction of sp³-hybridized carbons (Fsp3) is 0.0732. The van der Waals surface area contributed by atoms with E-state index in [9.17, 15) is 19.8 Å². The maximum atomic E-state index is 14.8. The summed E-state index contributed by atoms with van der Waals surface area (Å²) in [5, 5.41) is 32.3. The first-order chi connectivity index (χ1) is 24.4. The highest BCUT2D eigenvalue weighted by atomic mass is 32.1. The van der Waals surface area contributed by atoms with E-state index in [0.29, 0.717) is 39.7 Å². The van der Waals surface area contributed by atoms with Gasteiger partial charge in [0.1, 0.15) is 16.5 Å². The minimum atomic E-state index is -0.239. The predicted molar refractivity (Wildman–Crippen MR) is 199 cm³/mol. The molecule has 0 aliphatic rings. The molecule has 0 fully saturated rings. The van der Waals surface area contributed by atoms with E-state index < -0.39 is 0 Å². The Bertz CT molecular complexity index is 2660. The third-order valence-electron chi connectivity index (χ3n) is 9.00. The van der Waals surface area contributed by atoms with Gasteiger partial charge in [-0.1, -0.05) is 84.1 Å². The van der Waals surface area contributed by atoms with E-state index in [4.69, 9.17) is 0 Å². The molecule has 0 aliphatic heterocycles. The van der Waals surface area contributed by atoms with Crippen LogP contribution in [-0.2, 0) is 13.0 Å². The lowest BCUT2D eigenvalue weighted by Gasteiger charge is -2.19. The van der Waals surface area contributed by atoms with Gasteiger partial charge in [0.15, 0.2) is 0 Å². The zero-order valence-corrected chi connectivity index (χ0v) is 27.8. The Balaban J connectivity index is 1.33. The average Bonchev–Trinajstić information content (AvgIpc) is 3.62. The lowest BCUT2D eigenvalue weighted by molar-refractivity contribution is 0.475. The molecular formula is C41H30N4O4S. The Hall–Kier alpha value is -6.32. The van der Waals surface area contributed by atoms with Crippen LogP contribution in [0.25, 0.3) is 59.8 Å². The highest BCUT2D eigenvalue weighted by Gasteiger charge is 2.23. The summed E-state index contributed by atoms with van der Waals surface area (Å²) in [4.78, 5) is 28.0. The quantitative estimate of drug-likeness (QED) is 0.177. The second-order valence-corrected chi connectivity index (χ2v) is 13.1. The number of rotatable bonds is 7.